The van der Waals surface area contributed by atoms with Crippen molar-refractivity contribution in [1.29, 1.82) is 0 Å². The first-order valence-corrected chi connectivity index (χ1v) is 5.22. The lowest BCUT2D eigenvalue weighted by molar-refractivity contribution is 0.311. The van der Waals surface area contributed by atoms with Gasteiger partial charge in [-0.3, -0.25) is 0 Å². The summed E-state index contributed by atoms with van der Waals surface area (Å²) in [5, 5.41) is 11.6. The highest BCUT2D eigenvalue weighted by Crippen LogP contribution is 2.13. The van der Waals surface area contributed by atoms with E-state index < -0.39 is 0 Å². The van der Waals surface area contributed by atoms with Crippen molar-refractivity contribution in [3.8, 4) is 0 Å². The zero-order valence-corrected chi connectivity index (χ0v) is 9.63. The molecule has 2 nitrogen and oxygen atoms in total. The Labute approximate surface area is 88.1 Å². The first-order chi connectivity index (χ1) is 6.33. The van der Waals surface area contributed by atoms with Gasteiger partial charge in [0.05, 0.1) is 6.61 Å². The molecule has 0 saturated carbocycles. The summed E-state index contributed by atoms with van der Waals surface area (Å²) in [6.45, 7) is 4.76. The molecule has 0 amide bonds. The molecule has 0 spiro atoms. The normalized spacial score (nSPS) is 8.62. The van der Waals surface area contributed by atoms with E-state index in [-0.39, 0.29) is 6.61 Å². The summed E-state index contributed by atoms with van der Waals surface area (Å²) in [6, 6.07) is 7.83. The van der Waals surface area contributed by atoms with Gasteiger partial charge in [0.15, 0.2) is 0 Å². The zero-order valence-electron chi connectivity index (χ0n) is 8.05. The summed E-state index contributed by atoms with van der Waals surface area (Å²) in [5.74, 6) is 0. The smallest absolute Gasteiger partial charge is 0.0604 e. The minimum absolute atomic E-state index is 0.163. The Morgan fingerprint density at radius 2 is 1.77 bits per heavy atom. The van der Waals surface area contributed by atoms with Gasteiger partial charge in [-0.15, -0.1) is 0 Å². The second-order valence-corrected chi connectivity index (χ2v) is 3.07. The molecule has 1 aromatic carbocycles. The van der Waals surface area contributed by atoms with Crippen LogP contribution in [-0.2, 0) is 0 Å². The van der Waals surface area contributed by atoms with Gasteiger partial charge >= 0.3 is 0 Å². The molecule has 1 rings (SSSR count). The maximum absolute atomic E-state index is 8.51. The van der Waals surface area contributed by atoms with Crippen molar-refractivity contribution in [2.24, 2.45) is 0 Å². The first-order valence-electron chi connectivity index (χ1n) is 4.43. The number of halogens is 1. The molecule has 0 bridgehead atoms. The number of rotatable bonds is 3. The predicted octanol–water partition coefficient (Wildman–Crippen LogP) is 2.88. The van der Waals surface area contributed by atoms with Gasteiger partial charge < -0.3 is 10.4 Å². The van der Waals surface area contributed by atoms with E-state index in [2.05, 4.69) is 21.2 Å². The van der Waals surface area contributed by atoms with Crippen LogP contribution in [0.5, 0.6) is 0 Å². The van der Waals surface area contributed by atoms with Gasteiger partial charge in [0.25, 0.3) is 0 Å². The number of anilines is 1. The number of hydrogen-bond donors (Lipinski definition) is 2. The molecule has 0 aliphatic rings. The Hall–Kier alpha value is -0.540. The largest absolute Gasteiger partial charge is 0.395 e. The SMILES string of the molecule is CC.OCCNc1ccc(Br)cc1. The number of aliphatic hydroxyl groups excluding tert-OH is 1. The third-order valence-electron chi connectivity index (χ3n) is 1.29. The lowest BCUT2D eigenvalue weighted by Gasteiger charge is -2.02. The molecule has 0 aliphatic heterocycles. The molecule has 13 heavy (non-hydrogen) atoms. The standard InChI is InChI=1S/C8H10BrNO.C2H6/c9-7-1-3-8(4-2-7)10-5-6-11;1-2/h1-4,10-11H,5-6H2;1-2H3. The monoisotopic (exact) mass is 245 g/mol. The fourth-order valence-corrected chi connectivity index (χ4v) is 1.03. The minimum Gasteiger partial charge on any atom is -0.395 e. The van der Waals surface area contributed by atoms with Gasteiger partial charge in [0.2, 0.25) is 0 Å². The van der Waals surface area contributed by atoms with Crippen LogP contribution in [0, 0.1) is 0 Å². The van der Waals surface area contributed by atoms with E-state index in [0.717, 1.165) is 10.2 Å². The number of benzene rings is 1. The summed E-state index contributed by atoms with van der Waals surface area (Å²) in [7, 11) is 0. The summed E-state index contributed by atoms with van der Waals surface area (Å²) < 4.78 is 1.06. The van der Waals surface area contributed by atoms with Crippen LogP contribution in [0.4, 0.5) is 5.69 Å². The highest BCUT2D eigenvalue weighted by Gasteiger charge is 1.89. The van der Waals surface area contributed by atoms with E-state index >= 15 is 0 Å². The Kier molecular flexibility index (Phi) is 7.74. The number of aliphatic hydroxyl groups is 1. The van der Waals surface area contributed by atoms with Gasteiger partial charge in [0, 0.05) is 16.7 Å². The summed E-state index contributed by atoms with van der Waals surface area (Å²) >= 11 is 3.34. The molecule has 3 heteroatoms. The fourth-order valence-electron chi connectivity index (χ4n) is 0.768. The van der Waals surface area contributed by atoms with Gasteiger partial charge in [0.1, 0.15) is 0 Å². The highest BCUT2D eigenvalue weighted by atomic mass is 79.9. The van der Waals surface area contributed by atoms with Crippen LogP contribution in [0.3, 0.4) is 0 Å². The molecule has 0 saturated heterocycles. The van der Waals surface area contributed by atoms with Crippen LogP contribution in [-0.4, -0.2) is 18.3 Å². The van der Waals surface area contributed by atoms with Crippen LogP contribution in [0.25, 0.3) is 0 Å². The van der Waals surface area contributed by atoms with Crippen molar-refractivity contribution in [2.45, 2.75) is 13.8 Å². The third-order valence-corrected chi connectivity index (χ3v) is 1.81. The van der Waals surface area contributed by atoms with Crippen LogP contribution in [0.1, 0.15) is 13.8 Å². The topological polar surface area (TPSA) is 32.3 Å². The molecule has 2 N–H and O–H groups in total. The molecule has 0 radical (unpaired) electrons. The molecule has 0 fully saturated rings. The molecular formula is C10H16BrNO. The quantitative estimate of drug-likeness (QED) is 0.859. The van der Waals surface area contributed by atoms with Crippen LogP contribution < -0.4 is 5.32 Å². The molecule has 0 atom stereocenters. The van der Waals surface area contributed by atoms with Crippen LogP contribution >= 0.6 is 15.9 Å². The Bertz CT molecular complexity index is 211. The van der Waals surface area contributed by atoms with Gasteiger partial charge in [-0.05, 0) is 24.3 Å². The van der Waals surface area contributed by atoms with Crippen LogP contribution in [0.15, 0.2) is 28.7 Å². The van der Waals surface area contributed by atoms with Crippen molar-refractivity contribution in [1.82, 2.24) is 0 Å². The van der Waals surface area contributed by atoms with Gasteiger partial charge in [-0.1, -0.05) is 29.8 Å². The van der Waals surface area contributed by atoms with E-state index in [0.29, 0.717) is 6.54 Å². The van der Waals surface area contributed by atoms with Crippen molar-refractivity contribution < 1.29 is 5.11 Å². The van der Waals surface area contributed by atoms with Crippen molar-refractivity contribution in [2.75, 3.05) is 18.5 Å². The number of hydrogen-bond acceptors (Lipinski definition) is 2. The average molecular weight is 246 g/mol. The summed E-state index contributed by atoms with van der Waals surface area (Å²) in [4.78, 5) is 0. The molecular weight excluding hydrogens is 230 g/mol. The molecule has 0 unspecified atom stereocenters. The Morgan fingerprint density at radius 3 is 2.23 bits per heavy atom. The average Bonchev–Trinajstić information content (AvgIpc) is 2.20. The van der Waals surface area contributed by atoms with E-state index in [1.165, 1.54) is 0 Å². The zero-order chi connectivity index (χ0) is 10.1. The maximum Gasteiger partial charge on any atom is 0.0604 e. The minimum atomic E-state index is 0.163. The summed E-state index contributed by atoms with van der Waals surface area (Å²) in [6.07, 6.45) is 0. The van der Waals surface area contributed by atoms with E-state index in [9.17, 15) is 0 Å². The first kappa shape index (κ1) is 12.5. The highest BCUT2D eigenvalue weighted by molar-refractivity contribution is 9.10. The van der Waals surface area contributed by atoms with E-state index in [1.54, 1.807) is 0 Å². The molecule has 74 valence electrons. The van der Waals surface area contributed by atoms with Gasteiger partial charge in [-0.2, -0.15) is 0 Å². The van der Waals surface area contributed by atoms with Crippen molar-refractivity contribution in [3.63, 3.8) is 0 Å². The van der Waals surface area contributed by atoms with E-state index in [4.69, 9.17) is 5.11 Å². The third kappa shape index (κ3) is 5.66. The predicted molar refractivity (Wildman–Crippen MR) is 61.1 cm³/mol. The lowest BCUT2D eigenvalue weighted by atomic mass is 10.3. The Morgan fingerprint density at radius 1 is 1.23 bits per heavy atom. The molecule has 0 aromatic heterocycles. The molecule has 0 aliphatic carbocycles. The Balaban J connectivity index is 0.000000671. The second-order valence-electron chi connectivity index (χ2n) is 2.16. The maximum atomic E-state index is 8.51. The fraction of sp³-hybridized carbons (Fsp3) is 0.400. The molecule has 0 heterocycles. The van der Waals surface area contributed by atoms with Crippen molar-refractivity contribution >= 4 is 21.6 Å². The molecule has 1 aromatic rings. The van der Waals surface area contributed by atoms with Crippen molar-refractivity contribution in [3.05, 3.63) is 28.7 Å². The van der Waals surface area contributed by atoms with E-state index in [1.807, 2.05) is 38.1 Å². The summed E-state index contributed by atoms with van der Waals surface area (Å²) in [5.41, 5.74) is 1.03. The van der Waals surface area contributed by atoms with Crippen LogP contribution in [0.2, 0.25) is 0 Å². The van der Waals surface area contributed by atoms with Gasteiger partial charge in [-0.25, -0.2) is 0 Å². The lowest BCUT2D eigenvalue weighted by Crippen LogP contribution is -2.04. The number of nitrogens with one attached hydrogen (secondary N) is 1. The second kappa shape index (κ2) is 8.08.